The highest BCUT2D eigenvalue weighted by Gasteiger charge is 2.37. The highest BCUT2D eigenvalue weighted by atomic mass is 16.6. The molecule has 0 spiro atoms. The summed E-state index contributed by atoms with van der Waals surface area (Å²) in [7, 11) is 6.84. The third kappa shape index (κ3) is 15.3. The fraction of sp³-hybridized carbons (Fsp3) is 0.475. The van der Waals surface area contributed by atoms with E-state index < -0.39 is 28.9 Å². The summed E-state index contributed by atoms with van der Waals surface area (Å²) < 4.78 is 40.3. The van der Waals surface area contributed by atoms with E-state index in [0.717, 1.165) is 119 Å². The van der Waals surface area contributed by atoms with Crippen molar-refractivity contribution >= 4 is 69.2 Å². The highest BCUT2D eigenvalue weighted by molar-refractivity contribution is 6.25. The van der Waals surface area contributed by atoms with Crippen LogP contribution >= 0.6 is 0 Å². The number of nitrogens with one attached hydrogen (secondary N) is 1. The minimum Gasteiger partial charge on any atom is -0.497 e. The summed E-state index contributed by atoms with van der Waals surface area (Å²) in [4.78, 5) is 69.0. The molecule has 18 heteroatoms. The van der Waals surface area contributed by atoms with Gasteiger partial charge in [-0.3, -0.25) is 20.7 Å². The van der Waals surface area contributed by atoms with E-state index in [0.29, 0.717) is 52.4 Å². The molecule has 4 aliphatic carbocycles. The van der Waals surface area contributed by atoms with Gasteiger partial charge >= 0.3 is 23.9 Å². The standard InChI is InChI=1S/C39H45N3O5.C37H44N2O6.C4H10N2/c1-6-46-38(44)32-22-40-42(28-13-10-14-28)35(32)27-19-26-20-29(45-5)16-18-30(26)36-34(24-11-8-7-9-12-24)31-17-15-25(21-33(31)41(36)23-27)37(43)47-39(2,3)4;1-8-44-36(42)30(22-38(5)6)34(40)26-18-25-19-27(43-7)15-17-28(25)33-32(23-12-10-9-11-13-23)29-16-14-24(20-31(29)39(33)21-26)35(41)45-37(2,3)4;5-6-4-2-1-3-4/h15-22,24,28H,6-14,23H2,1-5H3;14-20,22-23H,8-13,21H2,1-7H3;4,6H,1-3,5H2/b;30-22-;. The van der Waals surface area contributed by atoms with Crippen LogP contribution in [0.25, 0.3) is 62.0 Å². The van der Waals surface area contributed by atoms with Gasteiger partial charge in [-0.25, -0.2) is 19.2 Å². The van der Waals surface area contributed by atoms with Crippen molar-refractivity contribution in [1.29, 1.82) is 0 Å². The van der Waals surface area contributed by atoms with Gasteiger partial charge in [0.15, 0.2) is 5.78 Å². The SMILES string of the molecule is CCOC(=O)/C(=C\N(C)C)C(=O)C1=Cc2cc(OC)ccc2-c2c(C3CCCCC3)c3ccc(C(=O)OC(C)(C)C)cc3n2C1.CCOC(=O)c1cnn(C2CCC2)c1C1=Cc2cc(OC)ccc2-c2c(C3CCCCC3)c3ccc(C(=O)OC(C)(C)C)cc3n2C1.NNC1CCC1. The molecule has 5 heterocycles. The van der Waals surface area contributed by atoms with Crippen LogP contribution < -0.4 is 20.7 Å². The Balaban J connectivity index is 0.000000183. The van der Waals surface area contributed by atoms with Crippen molar-refractivity contribution in [2.75, 3.05) is 41.5 Å². The van der Waals surface area contributed by atoms with Crippen molar-refractivity contribution in [3.63, 3.8) is 0 Å². The van der Waals surface area contributed by atoms with Gasteiger partial charge < -0.3 is 42.5 Å². The molecule has 0 radical (unpaired) electrons. The van der Waals surface area contributed by atoms with Crippen molar-refractivity contribution < 1.29 is 52.4 Å². The predicted molar refractivity (Wildman–Crippen MR) is 385 cm³/mol. The first-order chi connectivity index (χ1) is 47.0. The number of methoxy groups -OCH3 is 2. The second-order valence-electron chi connectivity index (χ2n) is 29.1. The zero-order valence-corrected chi connectivity index (χ0v) is 59.5. The van der Waals surface area contributed by atoms with E-state index >= 15 is 0 Å². The van der Waals surface area contributed by atoms with Crippen molar-refractivity contribution in [3.8, 4) is 34.0 Å². The maximum atomic E-state index is 14.3. The lowest BCUT2D eigenvalue weighted by Crippen LogP contribution is -2.39. The molecule has 0 saturated heterocycles. The molecule has 3 aromatic heterocycles. The lowest BCUT2D eigenvalue weighted by Gasteiger charge is -2.28. The summed E-state index contributed by atoms with van der Waals surface area (Å²) >= 11 is 0. The fourth-order valence-corrected chi connectivity index (χ4v) is 14.7. The number of ether oxygens (including phenoxy) is 6. The molecule has 2 aliphatic heterocycles. The number of rotatable bonds is 16. The van der Waals surface area contributed by atoms with Crippen molar-refractivity contribution in [1.82, 2.24) is 29.2 Å². The minimum atomic E-state index is -0.667. The normalized spacial score (nSPS) is 16.6. The Morgan fingerprint density at radius 1 is 0.592 bits per heavy atom. The lowest BCUT2D eigenvalue weighted by molar-refractivity contribution is -0.139. The second-order valence-corrected chi connectivity index (χ2v) is 29.1. The monoisotopic (exact) mass is 1330 g/mol. The average molecular weight is 1330 g/mol. The first kappa shape index (κ1) is 70.6. The lowest BCUT2D eigenvalue weighted by atomic mass is 9.81. The first-order valence-corrected chi connectivity index (χ1v) is 35.4. The van der Waals surface area contributed by atoms with Gasteiger partial charge in [-0.15, -0.1) is 0 Å². The van der Waals surface area contributed by atoms with Gasteiger partial charge in [0.2, 0.25) is 0 Å². The molecule has 4 fully saturated rings. The Hall–Kier alpha value is -8.74. The van der Waals surface area contributed by atoms with Gasteiger partial charge in [0.25, 0.3) is 0 Å². The number of hydrazine groups is 1. The third-order valence-electron chi connectivity index (χ3n) is 19.6. The number of carbonyl (C=O) groups excluding carboxylic acids is 5. The van der Waals surface area contributed by atoms with E-state index in [2.05, 4.69) is 38.8 Å². The van der Waals surface area contributed by atoms with Gasteiger partial charge in [0.1, 0.15) is 33.8 Å². The molecular weight excluding hydrogens is 1230 g/mol. The molecule has 7 aromatic rings. The molecular formula is C80H99N7O11. The van der Waals surface area contributed by atoms with Gasteiger partial charge in [0.05, 0.1) is 81.0 Å². The summed E-state index contributed by atoms with van der Waals surface area (Å²) in [6, 6.07) is 24.9. The molecule has 13 rings (SSSR count). The van der Waals surface area contributed by atoms with Crippen LogP contribution in [0.3, 0.4) is 0 Å². The number of esters is 4. The largest absolute Gasteiger partial charge is 0.497 e. The minimum absolute atomic E-state index is 0.0422. The molecule has 0 bridgehead atoms. The molecule has 0 unspecified atom stereocenters. The predicted octanol–water partition coefficient (Wildman–Crippen LogP) is 16.3. The molecule has 0 atom stereocenters. The number of hydrogen-bond acceptors (Lipinski definition) is 15. The molecule has 3 N–H and O–H groups in total. The summed E-state index contributed by atoms with van der Waals surface area (Å²) in [5.41, 5.74) is 15.7. The number of Topliss-reactive ketones (excluding diaryl/α,β-unsaturated/α-hetero) is 1. The van der Waals surface area contributed by atoms with Crippen LogP contribution in [-0.4, -0.2) is 112 Å². The quantitative estimate of drug-likeness (QED) is 0.0175. The van der Waals surface area contributed by atoms with Crippen LogP contribution in [0.2, 0.25) is 0 Å². The summed E-state index contributed by atoms with van der Waals surface area (Å²) in [6.07, 6.45) is 26.0. The fourth-order valence-electron chi connectivity index (χ4n) is 14.7. The van der Waals surface area contributed by atoms with Crippen LogP contribution in [0.1, 0.15) is 235 Å². The number of allylic oxidation sites excluding steroid dienone is 2. The second kappa shape index (κ2) is 30.2. The van der Waals surface area contributed by atoms with E-state index in [1.165, 1.54) is 73.4 Å². The van der Waals surface area contributed by atoms with Crippen LogP contribution in [0, 0.1) is 0 Å². The number of benzene rings is 4. The smallest absolute Gasteiger partial charge is 0.343 e. The van der Waals surface area contributed by atoms with E-state index in [-0.39, 0.29) is 43.3 Å². The number of ketones is 1. The Morgan fingerprint density at radius 3 is 1.52 bits per heavy atom. The van der Waals surface area contributed by atoms with E-state index in [1.807, 2.05) is 114 Å². The number of carbonyl (C=O) groups is 5. The van der Waals surface area contributed by atoms with Crippen LogP contribution in [0.5, 0.6) is 11.5 Å². The number of aromatic nitrogens is 4. The Bertz CT molecular complexity index is 4230. The van der Waals surface area contributed by atoms with Crippen molar-refractivity contribution in [2.45, 2.75) is 206 Å². The zero-order chi connectivity index (χ0) is 69.7. The van der Waals surface area contributed by atoms with Gasteiger partial charge in [-0.05, 0) is 226 Å². The topological polar surface area (TPSA) is 210 Å². The maximum absolute atomic E-state index is 14.3. The van der Waals surface area contributed by atoms with Crippen LogP contribution in [0.15, 0.2) is 96.3 Å². The number of hydrogen-bond donors (Lipinski definition) is 2. The zero-order valence-electron chi connectivity index (χ0n) is 59.5. The summed E-state index contributed by atoms with van der Waals surface area (Å²) in [5, 5.41) is 7.02. The molecule has 0 amide bonds. The molecule has 18 nitrogen and oxygen atoms in total. The average Bonchev–Trinajstić information content (AvgIpc) is 1.58. The molecule has 520 valence electrons. The van der Waals surface area contributed by atoms with Crippen molar-refractivity contribution in [3.05, 3.63) is 141 Å². The number of nitrogens with zero attached hydrogens (tertiary/aromatic N) is 5. The van der Waals surface area contributed by atoms with Crippen LogP contribution in [-0.2, 0) is 41.6 Å². The Morgan fingerprint density at radius 2 is 1.09 bits per heavy atom. The van der Waals surface area contributed by atoms with E-state index in [9.17, 15) is 24.0 Å². The number of nitrogens with two attached hydrogens (primary N) is 1. The molecule has 6 aliphatic rings. The highest BCUT2D eigenvalue weighted by Crippen LogP contribution is 2.51. The summed E-state index contributed by atoms with van der Waals surface area (Å²) in [6.45, 7) is 15.9. The Kier molecular flexibility index (Phi) is 21.7. The Labute approximate surface area is 576 Å². The van der Waals surface area contributed by atoms with Gasteiger partial charge in [-0.1, -0.05) is 57.1 Å². The van der Waals surface area contributed by atoms with Crippen LogP contribution in [0.4, 0.5) is 0 Å². The molecule has 4 aromatic carbocycles. The molecule has 4 saturated carbocycles. The third-order valence-corrected chi connectivity index (χ3v) is 19.6. The molecule has 98 heavy (non-hydrogen) atoms. The van der Waals surface area contributed by atoms with E-state index in [4.69, 9.17) is 39.4 Å². The maximum Gasteiger partial charge on any atom is 0.343 e. The summed E-state index contributed by atoms with van der Waals surface area (Å²) in [5.74, 6) is 5.09. The van der Waals surface area contributed by atoms with Gasteiger partial charge in [0, 0.05) is 64.8 Å². The first-order valence-electron chi connectivity index (χ1n) is 35.4. The van der Waals surface area contributed by atoms with Gasteiger partial charge in [-0.2, -0.15) is 5.10 Å². The number of fused-ring (bicyclic) bond motifs is 10. The van der Waals surface area contributed by atoms with Crippen molar-refractivity contribution in [2.24, 2.45) is 5.84 Å². The van der Waals surface area contributed by atoms with E-state index in [1.54, 1.807) is 46.3 Å².